The first-order valence-corrected chi connectivity index (χ1v) is 15.3. The number of aryl methyl sites for hydroxylation is 1. The molecule has 4 atom stereocenters. The zero-order chi connectivity index (χ0) is 27.5. The Morgan fingerprint density at radius 1 is 0.846 bits per heavy atom. The molecule has 39 heavy (non-hydrogen) atoms. The van der Waals surface area contributed by atoms with Crippen LogP contribution in [0.5, 0.6) is 23.0 Å². The molecule has 5 rings (SSSR count). The van der Waals surface area contributed by atoms with Gasteiger partial charge in [0.2, 0.25) is 0 Å². The summed E-state index contributed by atoms with van der Waals surface area (Å²) >= 11 is 0. The van der Waals surface area contributed by atoms with Crippen LogP contribution in [-0.4, -0.2) is 45.9 Å². The Labute approximate surface area is 236 Å². The summed E-state index contributed by atoms with van der Waals surface area (Å²) in [6, 6.07) is 9.55. The lowest BCUT2D eigenvalue weighted by molar-refractivity contribution is 0.0445. The molecule has 0 saturated carbocycles. The number of methoxy groups -OCH3 is 3. The quantitative estimate of drug-likeness (QED) is 0.313. The van der Waals surface area contributed by atoms with E-state index in [9.17, 15) is 0 Å². The van der Waals surface area contributed by atoms with Crippen molar-refractivity contribution in [2.45, 2.75) is 84.1 Å². The molecule has 0 bridgehead atoms. The molecule has 0 aromatic heterocycles. The Morgan fingerprint density at radius 3 is 2.23 bits per heavy atom. The van der Waals surface area contributed by atoms with Gasteiger partial charge in [-0.2, -0.15) is 0 Å². The third-order valence-corrected chi connectivity index (χ3v) is 9.70. The van der Waals surface area contributed by atoms with Gasteiger partial charge in [-0.05, 0) is 115 Å². The first-order valence-electron chi connectivity index (χ1n) is 15.3. The maximum absolute atomic E-state index is 6.20. The van der Waals surface area contributed by atoms with Crippen molar-refractivity contribution in [1.29, 1.82) is 0 Å². The van der Waals surface area contributed by atoms with Crippen molar-refractivity contribution in [3.05, 3.63) is 46.5 Å². The lowest BCUT2D eigenvalue weighted by Gasteiger charge is -2.48. The van der Waals surface area contributed by atoms with Crippen LogP contribution in [0.2, 0.25) is 0 Å². The van der Waals surface area contributed by atoms with Crippen LogP contribution in [-0.2, 0) is 12.8 Å². The summed E-state index contributed by atoms with van der Waals surface area (Å²) in [7, 11) is 5.26. The number of nitrogens with zero attached hydrogens (tertiary/aromatic N) is 1. The van der Waals surface area contributed by atoms with Gasteiger partial charge in [0.05, 0.1) is 27.9 Å². The summed E-state index contributed by atoms with van der Waals surface area (Å²) in [5.41, 5.74) is 5.85. The summed E-state index contributed by atoms with van der Waals surface area (Å²) in [5, 5.41) is 0. The molecule has 0 unspecified atom stereocenters. The molecular formula is C34H49NO4. The molecule has 1 fully saturated rings. The Balaban J connectivity index is 1.38. The first-order chi connectivity index (χ1) is 18.9. The minimum atomic E-state index is 0.468. The lowest BCUT2D eigenvalue weighted by atomic mass is 9.69. The third kappa shape index (κ3) is 5.89. The highest BCUT2D eigenvalue weighted by atomic mass is 16.5. The van der Waals surface area contributed by atoms with Gasteiger partial charge in [0.15, 0.2) is 23.0 Å². The van der Waals surface area contributed by atoms with E-state index in [2.05, 4.69) is 49.9 Å². The van der Waals surface area contributed by atoms with Gasteiger partial charge in [0.1, 0.15) is 0 Å². The largest absolute Gasteiger partial charge is 0.493 e. The summed E-state index contributed by atoms with van der Waals surface area (Å²) < 4.78 is 23.4. The van der Waals surface area contributed by atoms with E-state index in [0.717, 1.165) is 61.3 Å². The van der Waals surface area contributed by atoms with Gasteiger partial charge < -0.3 is 18.9 Å². The van der Waals surface area contributed by atoms with E-state index in [1.165, 1.54) is 60.9 Å². The van der Waals surface area contributed by atoms with Crippen LogP contribution in [0.4, 0.5) is 0 Å². The Hall–Kier alpha value is -2.40. The first kappa shape index (κ1) is 28.1. The van der Waals surface area contributed by atoms with Gasteiger partial charge in [-0.3, -0.25) is 4.90 Å². The molecule has 5 heteroatoms. The van der Waals surface area contributed by atoms with E-state index in [1.807, 2.05) is 0 Å². The van der Waals surface area contributed by atoms with Crippen molar-refractivity contribution in [1.82, 2.24) is 4.90 Å². The molecule has 0 radical (unpaired) electrons. The van der Waals surface area contributed by atoms with Crippen molar-refractivity contribution in [2.75, 3.05) is 41.0 Å². The molecule has 0 amide bonds. The van der Waals surface area contributed by atoms with E-state index in [4.69, 9.17) is 18.9 Å². The predicted molar refractivity (Wildman–Crippen MR) is 158 cm³/mol. The smallest absolute Gasteiger partial charge is 0.161 e. The Kier molecular flexibility index (Phi) is 8.96. The molecule has 3 aliphatic rings. The average Bonchev–Trinajstić information content (AvgIpc) is 2.95. The minimum Gasteiger partial charge on any atom is -0.493 e. The predicted octanol–water partition coefficient (Wildman–Crippen LogP) is 7.59. The zero-order valence-corrected chi connectivity index (χ0v) is 25.1. The number of fused-ring (bicyclic) bond motifs is 4. The topological polar surface area (TPSA) is 40.2 Å². The highest BCUT2D eigenvalue weighted by molar-refractivity contribution is 5.51. The van der Waals surface area contributed by atoms with Crippen LogP contribution < -0.4 is 18.9 Å². The second-order valence-electron chi connectivity index (χ2n) is 12.4. The van der Waals surface area contributed by atoms with Crippen LogP contribution in [0.1, 0.15) is 93.5 Å². The third-order valence-electron chi connectivity index (χ3n) is 9.70. The zero-order valence-electron chi connectivity index (χ0n) is 25.1. The second kappa shape index (κ2) is 12.4. The molecule has 214 valence electrons. The van der Waals surface area contributed by atoms with Gasteiger partial charge in [-0.1, -0.05) is 27.2 Å². The fraction of sp³-hybridized carbons (Fsp3) is 0.647. The standard InChI is InChI=1S/C34H49NO4/c1-7-23-21-35-13-11-26-17-31(36-4)32(37-5)20-29(26)30(35)16-27(23)15-24-9-8-10-25-18-34(39-14-12-22(2)3)33(38-6)19-28(24)25/h17-20,22-24,27,30H,7-16,21H2,1-6H3/t23-,24+,27-,30-/m0/s1. The molecule has 2 aromatic carbocycles. The van der Waals surface area contributed by atoms with Crippen LogP contribution in [0.15, 0.2) is 24.3 Å². The molecule has 0 N–H and O–H groups in total. The summed E-state index contributed by atoms with van der Waals surface area (Å²) in [4.78, 5) is 2.75. The number of benzene rings is 2. The van der Waals surface area contributed by atoms with Crippen LogP contribution >= 0.6 is 0 Å². The molecule has 2 heterocycles. The van der Waals surface area contributed by atoms with Gasteiger partial charge in [0.25, 0.3) is 0 Å². The van der Waals surface area contributed by atoms with E-state index in [-0.39, 0.29) is 0 Å². The maximum atomic E-state index is 6.20. The van der Waals surface area contributed by atoms with Crippen molar-refractivity contribution < 1.29 is 18.9 Å². The van der Waals surface area contributed by atoms with Crippen LogP contribution in [0.3, 0.4) is 0 Å². The molecular weight excluding hydrogens is 486 g/mol. The highest BCUT2D eigenvalue weighted by Crippen LogP contribution is 2.49. The van der Waals surface area contributed by atoms with E-state index in [1.54, 1.807) is 21.3 Å². The number of hydrogen-bond donors (Lipinski definition) is 0. The molecule has 1 aliphatic carbocycles. The molecule has 5 nitrogen and oxygen atoms in total. The van der Waals surface area contributed by atoms with E-state index < -0.39 is 0 Å². The lowest BCUT2D eigenvalue weighted by Crippen LogP contribution is -2.46. The minimum absolute atomic E-state index is 0.468. The molecule has 0 spiro atoms. The fourth-order valence-corrected chi connectivity index (χ4v) is 7.45. The monoisotopic (exact) mass is 535 g/mol. The van der Waals surface area contributed by atoms with Crippen molar-refractivity contribution in [3.8, 4) is 23.0 Å². The van der Waals surface area contributed by atoms with E-state index >= 15 is 0 Å². The number of piperidine rings is 1. The second-order valence-corrected chi connectivity index (χ2v) is 12.4. The number of hydrogen-bond acceptors (Lipinski definition) is 5. The maximum Gasteiger partial charge on any atom is 0.161 e. The normalized spacial score (nSPS) is 24.5. The summed E-state index contributed by atoms with van der Waals surface area (Å²) in [5.74, 6) is 6.19. The Morgan fingerprint density at radius 2 is 1.51 bits per heavy atom. The van der Waals surface area contributed by atoms with Gasteiger partial charge in [0, 0.05) is 19.1 Å². The van der Waals surface area contributed by atoms with E-state index in [0.29, 0.717) is 23.8 Å². The van der Waals surface area contributed by atoms with Gasteiger partial charge in [-0.25, -0.2) is 0 Å². The fourth-order valence-electron chi connectivity index (χ4n) is 7.45. The van der Waals surface area contributed by atoms with Gasteiger partial charge >= 0.3 is 0 Å². The van der Waals surface area contributed by atoms with Crippen molar-refractivity contribution in [2.24, 2.45) is 17.8 Å². The molecule has 2 aromatic rings. The average molecular weight is 536 g/mol. The van der Waals surface area contributed by atoms with Crippen molar-refractivity contribution >= 4 is 0 Å². The Bertz CT molecular complexity index is 1130. The van der Waals surface area contributed by atoms with Gasteiger partial charge in [-0.15, -0.1) is 0 Å². The SMILES string of the molecule is CC[C@H]1CN2CCc3cc(OC)c(OC)cc3[C@@H]2C[C@@H]1C[C@H]1CCCc2cc(OCCC(C)C)c(OC)cc21. The van der Waals surface area contributed by atoms with Crippen molar-refractivity contribution in [3.63, 3.8) is 0 Å². The molecule has 1 saturated heterocycles. The number of ether oxygens (including phenoxy) is 4. The summed E-state index contributed by atoms with van der Waals surface area (Å²) in [6.45, 7) is 9.95. The highest BCUT2D eigenvalue weighted by Gasteiger charge is 2.40. The van der Waals surface area contributed by atoms with Crippen LogP contribution in [0, 0.1) is 17.8 Å². The molecule has 2 aliphatic heterocycles. The number of rotatable bonds is 10. The summed E-state index contributed by atoms with van der Waals surface area (Å²) in [6.07, 6.45) is 9.55. The van der Waals surface area contributed by atoms with Crippen LogP contribution in [0.25, 0.3) is 0 Å².